The standard InChI is InChI=1S/C19H26N2O5S/c1-14-7-9-16(10-8-14)27(24,25)21-13-5-6-17(21)19(23)26-15(2)18(22)20-11-3-4-12-20/h7-10,15,17H,3-6,11-13H2,1-2H3/t15-,17+/m1/s1. The van der Waals surface area contributed by atoms with Crippen LogP contribution in [0, 0.1) is 6.92 Å². The maximum atomic E-state index is 12.9. The molecule has 0 N–H and O–H groups in total. The molecule has 0 bridgehead atoms. The lowest BCUT2D eigenvalue weighted by molar-refractivity contribution is -0.161. The molecule has 3 rings (SSSR count). The SMILES string of the molecule is Cc1ccc(S(=O)(=O)N2CCC[C@H]2C(=O)O[C@H](C)C(=O)N2CCCC2)cc1. The van der Waals surface area contributed by atoms with E-state index in [-0.39, 0.29) is 17.3 Å². The highest BCUT2D eigenvalue weighted by Crippen LogP contribution is 2.27. The van der Waals surface area contributed by atoms with Gasteiger partial charge in [-0.2, -0.15) is 4.31 Å². The molecule has 2 atom stereocenters. The summed E-state index contributed by atoms with van der Waals surface area (Å²) in [5.41, 5.74) is 0.959. The number of carbonyl (C=O) groups is 2. The Kier molecular flexibility index (Phi) is 5.86. The van der Waals surface area contributed by atoms with Gasteiger partial charge in [-0.25, -0.2) is 8.42 Å². The van der Waals surface area contributed by atoms with Crippen LogP contribution in [0.3, 0.4) is 0 Å². The largest absolute Gasteiger partial charge is 0.451 e. The van der Waals surface area contributed by atoms with Crippen LogP contribution in [0.2, 0.25) is 0 Å². The number of sulfonamides is 1. The van der Waals surface area contributed by atoms with E-state index < -0.39 is 28.1 Å². The van der Waals surface area contributed by atoms with Crippen LogP contribution in [0.5, 0.6) is 0 Å². The van der Waals surface area contributed by atoms with Gasteiger partial charge in [0.2, 0.25) is 10.0 Å². The van der Waals surface area contributed by atoms with Crippen molar-refractivity contribution in [2.45, 2.75) is 56.6 Å². The zero-order valence-electron chi connectivity index (χ0n) is 15.8. The van der Waals surface area contributed by atoms with Gasteiger partial charge in [-0.1, -0.05) is 17.7 Å². The zero-order valence-corrected chi connectivity index (χ0v) is 16.6. The summed E-state index contributed by atoms with van der Waals surface area (Å²) < 4.78 is 32.4. The van der Waals surface area contributed by atoms with E-state index in [1.54, 1.807) is 36.1 Å². The smallest absolute Gasteiger partial charge is 0.325 e. The molecule has 8 heteroatoms. The average Bonchev–Trinajstić information content (AvgIpc) is 3.33. The molecular formula is C19H26N2O5S. The van der Waals surface area contributed by atoms with Crippen molar-refractivity contribution in [1.29, 1.82) is 0 Å². The van der Waals surface area contributed by atoms with Crippen molar-refractivity contribution in [3.05, 3.63) is 29.8 Å². The van der Waals surface area contributed by atoms with Gasteiger partial charge in [-0.3, -0.25) is 9.59 Å². The molecule has 0 aliphatic carbocycles. The maximum absolute atomic E-state index is 12.9. The first kappa shape index (κ1) is 19.8. The van der Waals surface area contributed by atoms with E-state index in [1.165, 1.54) is 4.31 Å². The second-order valence-corrected chi connectivity index (χ2v) is 9.09. The van der Waals surface area contributed by atoms with Crippen molar-refractivity contribution < 1.29 is 22.7 Å². The van der Waals surface area contributed by atoms with Crippen molar-refractivity contribution in [3.63, 3.8) is 0 Å². The molecule has 0 radical (unpaired) electrons. The lowest BCUT2D eigenvalue weighted by Gasteiger charge is -2.25. The molecule has 0 unspecified atom stereocenters. The summed E-state index contributed by atoms with van der Waals surface area (Å²) in [4.78, 5) is 26.8. The normalized spacial score (nSPS) is 22.0. The summed E-state index contributed by atoms with van der Waals surface area (Å²) in [5, 5.41) is 0. The molecule has 148 valence electrons. The van der Waals surface area contributed by atoms with Gasteiger partial charge in [0.1, 0.15) is 6.04 Å². The van der Waals surface area contributed by atoms with E-state index in [0.29, 0.717) is 25.9 Å². The Morgan fingerprint density at radius 2 is 1.70 bits per heavy atom. The van der Waals surface area contributed by atoms with E-state index >= 15 is 0 Å². The van der Waals surface area contributed by atoms with Crippen molar-refractivity contribution in [2.24, 2.45) is 0 Å². The highest BCUT2D eigenvalue weighted by Gasteiger charge is 2.41. The Morgan fingerprint density at radius 1 is 1.07 bits per heavy atom. The summed E-state index contributed by atoms with van der Waals surface area (Å²) in [7, 11) is -3.78. The second-order valence-electron chi connectivity index (χ2n) is 7.20. The highest BCUT2D eigenvalue weighted by molar-refractivity contribution is 7.89. The average molecular weight is 394 g/mol. The third-order valence-corrected chi connectivity index (χ3v) is 7.08. The Morgan fingerprint density at radius 3 is 2.33 bits per heavy atom. The number of aryl methyl sites for hydroxylation is 1. The number of ether oxygens (including phenoxy) is 1. The number of rotatable bonds is 5. The molecule has 2 fully saturated rings. The van der Waals surface area contributed by atoms with Gasteiger partial charge in [-0.05, 0) is 51.7 Å². The van der Waals surface area contributed by atoms with Crippen molar-refractivity contribution in [1.82, 2.24) is 9.21 Å². The van der Waals surface area contributed by atoms with Crippen LogP contribution in [-0.4, -0.2) is 61.3 Å². The molecule has 27 heavy (non-hydrogen) atoms. The summed E-state index contributed by atoms with van der Waals surface area (Å²) in [5.74, 6) is -0.866. The van der Waals surface area contributed by atoms with Gasteiger partial charge >= 0.3 is 5.97 Å². The number of esters is 1. The second kappa shape index (κ2) is 7.98. The van der Waals surface area contributed by atoms with Gasteiger partial charge in [0.15, 0.2) is 6.10 Å². The fraction of sp³-hybridized carbons (Fsp3) is 0.579. The Labute approximate surface area is 160 Å². The number of benzene rings is 1. The number of amides is 1. The van der Waals surface area contributed by atoms with Gasteiger partial charge < -0.3 is 9.64 Å². The molecule has 2 saturated heterocycles. The molecule has 2 aliphatic heterocycles. The summed E-state index contributed by atoms with van der Waals surface area (Å²) >= 11 is 0. The van der Waals surface area contributed by atoms with E-state index in [4.69, 9.17) is 4.74 Å². The van der Waals surface area contributed by atoms with E-state index in [2.05, 4.69) is 0 Å². The number of carbonyl (C=O) groups excluding carboxylic acids is 2. The highest BCUT2D eigenvalue weighted by atomic mass is 32.2. The molecule has 1 aromatic carbocycles. The molecule has 1 amide bonds. The summed E-state index contributed by atoms with van der Waals surface area (Å²) in [6.45, 7) is 5.05. The lowest BCUT2D eigenvalue weighted by Crippen LogP contribution is -2.45. The predicted molar refractivity (Wildman–Crippen MR) is 99.5 cm³/mol. The molecule has 1 aromatic rings. The molecule has 0 spiro atoms. The van der Waals surface area contributed by atoms with E-state index in [9.17, 15) is 18.0 Å². The first-order chi connectivity index (χ1) is 12.8. The van der Waals surface area contributed by atoms with Gasteiger partial charge in [-0.15, -0.1) is 0 Å². The minimum atomic E-state index is -3.78. The van der Waals surface area contributed by atoms with Crippen LogP contribution in [0.4, 0.5) is 0 Å². The maximum Gasteiger partial charge on any atom is 0.325 e. The fourth-order valence-corrected chi connectivity index (χ4v) is 5.25. The summed E-state index contributed by atoms with van der Waals surface area (Å²) in [6, 6.07) is 5.67. The minimum absolute atomic E-state index is 0.161. The van der Waals surface area contributed by atoms with Gasteiger partial charge in [0.05, 0.1) is 4.90 Å². The van der Waals surface area contributed by atoms with Crippen molar-refractivity contribution in [2.75, 3.05) is 19.6 Å². The third kappa shape index (κ3) is 4.16. The number of hydrogen-bond donors (Lipinski definition) is 0. The predicted octanol–water partition coefficient (Wildman–Crippen LogP) is 1.70. The molecule has 2 heterocycles. The van der Waals surface area contributed by atoms with Crippen LogP contribution in [-0.2, 0) is 24.3 Å². The minimum Gasteiger partial charge on any atom is -0.451 e. The molecular weight excluding hydrogens is 368 g/mol. The zero-order chi connectivity index (χ0) is 19.6. The molecule has 0 aromatic heterocycles. The van der Waals surface area contributed by atoms with Crippen molar-refractivity contribution >= 4 is 21.9 Å². The number of hydrogen-bond acceptors (Lipinski definition) is 5. The molecule has 2 aliphatic rings. The third-order valence-electron chi connectivity index (χ3n) is 5.16. The van der Waals surface area contributed by atoms with Crippen LogP contribution >= 0.6 is 0 Å². The monoisotopic (exact) mass is 394 g/mol. The first-order valence-corrected chi connectivity index (χ1v) is 10.8. The number of nitrogens with zero attached hydrogens (tertiary/aromatic N) is 2. The Balaban J connectivity index is 1.70. The van der Waals surface area contributed by atoms with Crippen LogP contribution in [0.1, 0.15) is 38.2 Å². The fourth-order valence-electron chi connectivity index (χ4n) is 3.61. The Hall–Kier alpha value is -1.93. The topological polar surface area (TPSA) is 84.0 Å². The van der Waals surface area contributed by atoms with Crippen LogP contribution < -0.4 is 0 Å². The first-order valence-electron chi connectivity index (χ1n) is 9.38. The number of likely N-dealkylation sites (tertiary alicyclic amines) is 1. The molecule has 7 nitrogen and oxygen atoms in total. The van der Waals surface area contributed by atoms with Crippen LogP contribution in [0.25, 0.3) is 0 Å². The lowest BCUT2D eigenvalue weighted by atomic mass is 10.2. The van der Waals surface area contributed by atoms with E-state index in [0.717, 1.165) is 18.4 Å². The van der Waals surface area contributed by atoms with E-state index in [1.807, 2.05) is 6.92 Å². The summed E-state index contributed by atoms with van der Waals surface area (Å²) in [6.07, 6.45) is 1.99. The van der Waals surface area contributed by atoms with Gasteiger partial charge in [0, 0.05) is 19.6 Å². The van der Waals surface area contributed by atoms with Crippen molar-refractivity contribution in [3.8, 4) is 0 Å². The van der Waals surface area contributed by atoms with Gasteiger partial charge in [0.25, 0.3) is 5.91 Å². The Bertz CT molecular complexity index is 800. The quantitative estimate of drug-likeness (QED) is 0.710. The molecule has 0 saturated carbocycles. The van der Waals surface area contributed by atoms with Crippen LogP contribution in [0.15, 0.2) is 29.2 Å².